The van der Waals surface area contributed by atoms with Crippen LogP contribution in [0.1, 0.15) is 24.2 Å². The number of methoxy groups -OCH3 is 2. The minimum Gasteiger partial charge on any atom is -0.497 e. The molecule has 0 saturated heterocycles. The first-order valence-electron chi connectivity index (χ1n) is 9.90. The first kappa shape index (κ1) is 20.5. The van der Waals surface area contributed by atoms with Crippen LogP contribution in [0.25, 0.3) is 27.9 Å². The summed E-state index contributed by atoms with van der Waals surface area (Å²) >= 11 is 0. The van der Waals surface area contributed by atoms with Gasteiger partial charge in [-0.1, -0.05) is 26.0 Å². The molecule has 31 heavy (non-hydrogen) atoms. The van der Waals surface area contributed by atoms with E-state index in [1.807, 2.05) is 38.1 Å². The van der Waals surface area contributed by atoms with Gasteiger partial charge in [-0.05, 0) is 30.2 Å². The molecule has 8 heteroatoms. The molecule has 2 N–H and O–H groups in total. The average Bonchev–Trinajstić information content (AvgIpc) is 3.05. The Hall–Kier alpha value is -3.81. The lowest BCUT2D eigenvalue weighted by atomic mass is 10.2. The zero-order chi connectivity index (χ0) is 22.1. The molecule has 0 spiro atoms. The number of rotatable bonds is 6. The SMILES string of the molecule is COc1ccc(-n2c(N)c(C(=O)OCC(C)C)c3nc4ccccc4nc32)c(OC)c1. The van der Waals surface area contributed by atoms with Crippen molar-refractivity contribution in [2.45, 2.75) is 13.8 Å². The number of hydrogen-bond acceptors (Lipinski definition) is 7. The van der Waals surface area contributed by atoms with Gasteiger partial charge in [-0.2, -0.15) is 0 Å². The maximum absolute atomic E-state index is 13.0. The van der Waals surface area contributed by atoms with E-state index in [4.69, 9.17) is 29.9 Å². The molecule has 0 fully saturated rings. The molecule has 0 radical (unpaired) electrons. The first-order valence-corrected chi connectivity index (χ1v) is 9.90. The number of hydrogen-bond donors (Lipinski definition) is 1. The van der Waals surface area contributed by atoms with Crippen LogP contribution in [0.3, 0.4) is 0 Å². The van der Waals surface area contributed by atoms with Gasteiger partial charge in [0.2, 0.25) is 0 Å². The molecule has 0 aliphatic heterocycles. The van der Waals surface area contributed by atoms with Gasteiger partial charge in [0.15, 0.2) is 5.65 Å². The van der Waals surface area contributed by atoms with Crippen LogP contribution in [0.5, 0.6) is 11.5 Å². The third-order valence-corrected chi connectivity index (χ3v) is 4.88. The van der Waals surface area contributed by atoms with Gasteiger partial charge >= 0.3 is 5.97 Å². The van der Waals surface area contributed by atoms with Crippen molar-refractivity contribution in [3.05, 3.63) is 48.0 Å². The standard InChI is InChI=1S/C23H24N4O4/c1-13(2)12-31-23(28)19-20-22(26-16-8-6-5-7-15(16)25-20)27(21(19)24)17-10-9-14(29-3)11-18(17)30-4/h5-11,13H,12,24H2,1-4H3. The number of anilines is 1. The highest BCUT2D eigenvalue weighted by Gasteiger charge is 2.27. The smallest absolute Gasteiger partial charge is 0.344 e. The maximum atomic E-state index is 13.0. The summed E-state index contributed by atoms with van der Waals surface area (Å²) in [4.78, 5) is 22.4. The number of carbonyl (C=O) groups excluding carboxylic acids is 1. The third kappa shape index (κ3) is 3.61. The fourth-order valence-corrected chi connectivity index (χ4v) is 3.39. The number of para-hydroxylation sites is 2. The zero-order valence-electron chi connectivity index (χ0n) is 17.9. The van der Waals surface area contributed by atoms with Crippen LogP contribution in [-0.2, 0) is 4.74 Å². The Balaban J connectivity index is 2.02. The quantitative estimate of drug-likeness (QED) is 0.471. The highest BCUT2D eigenvalue weighted by atomic mass is 16.5. The van der Waals surface area contributed by atoms with Crippen molar-refractivity contribution in [2.24, 2.45) is 5.92 Å². The first-order chi connectivity index (χ1) is 14.9. The number of esters is 1. The van der Waals surface area contributed by atoms with Gasteiger partial charge in [-0.3, -0.25) is 4.57 Å². The normalized spacial score (nSPS) is 11.3. The van der Waals surface area contributed by atoms with Crippen molar-refractivity contribution < 1.29 is 19.0 Å². The minimum atomic E-state index is -0.535. The molecule has 160 valence electrons. The van der Waals surface area contributed by atoms with Gasteiger partial charge in [-0.25, -0.2) is 14.8 Å². The minimum absolute atomic E-state index is 0.183. The Morgan fingerprint density at radius 3 is 2.42 bits per heavy atom. The summed E-state index contributed by atoms with van der Waals surface area (Å²) in [6, 6.07) is 12.8. The molecule has 0 atom stereocenters. The molecule has 0 unspecified atom stereocenters. The van der Waals surface area contributed by atoms with Crippen molar-refractivity contribution in [1.29, 1.82) is 0 Å². The fourth-order valence-electron chi connectivity index (χ4n) is 3.39. The summed E-state index contributed by atoms with van der Waals surface area (Å²) in [6.07, 6.45) is 0. The van der Waals surface area contributed by atoms with Crippen LogP contribution in [-0.4, -0.2) is 41.3 Å². The predicted molar refractivity (Wildman–Crippen MR) is 119 cm³/mol. The van der Waals surface area contributed by atoms with Crippen molar-refractivity contribution in [3.8, 4) is 17.2 Å². The molecule has 4 rings (SSSR count). The van der Waals surface area contributed by atoms with Crippen LogP contribution in [0.4, 0.5) is 5.82 Å². The lowest BCUT2D eigenvalue weighted by Gasteiger charge is -2.13. The van der Waals surface area contributed by atoms with Crippen LogP contribution in [0.2, 0.25) is 0 Å². The molecule has 0 aliphatic rings. The largest absolute Gasteiger partial charge is 0.497 e. The number of carbonyl (C=O) groups is 1. The molecule has 0 amide bonds. The van der Waals surface area contributed by atoms with E-state index in [-0.39, 0.29) is 23.9 Å². The van der Waals surface area contributed by atoms with Crippen LogP contribution < -0.4 is 15.2 Å². The number of benzene rings is 2. The Labute approximate surface area is 179 Å². The average molecular weight is 420 g/mol. The summed E-state index contributed by atoms with van der Waals surface area (Å²) < 4.78 is 18.0. The molecule has 8 nitrogen and oxygen atoms in total. The molecule has 2 heterocycles. The maximum Gasteiger partial charge on any atom is 0.344 e. The second kappa shape index (κ2) is 8.14. The third-order valence-electron chi connectivity index (χ3n) is 4.88. The molecule has 0 saturated carbocycles. The lowest BCUT2D eigenvalue weighted by Crippen LogP contribution is -2.12. The Morgan fingerprint density at radius 1 is 1.06 bits per heavy atom. The van der Waals surface area contributed by atoms with Crippen LogP contribution in [0, 0.1) is 5.92 Å². The predicted octanol–water partition coefficient (Wildman–Crippen LogP) is 3.99. The van der Waals surface area contributed by atoms with Gasteiger partial charge in [0.1, 0.15) is 28.4 Å². The number of nitrogen functional groups attached to an aromatic ring is 1. The molecular weight excluding hydrogens is 396 g/mol. The van der Waals surface area contributed by atoms with Gasteiger partial charge in [0, 0.05) is 6.07 Å². The summed E-state index contributed by atoms with van der Waals surface area (Å²) in [6.45, 7) is 4.21. The van der Waals surface area contributed by atoms with Crippen molar-refractivity contribution in [2.75, 3.05) is 26.6 Å². The molecule has 2 aromatic heterocycles. The zero-order valence-corrected chi connectivity index (χ0v) is 17.9. The Morgan fingerprint density at radius 2 is 1.77 bits per heavy atom. The van der Waals surface area contributed by atoms with Gasteiger partial charge in [-0.15, -0.1) is 0 Å². The summed E-state index contributed by atoms with van der Waals surface area (Å²) in [5.74, 6) is 0.977. The van der Waals surface area contributed by atoms with E-state index in [9.17, 15) is 4.79 Å². The van der Waals surface area contributed by atoms with Crippen LogP contribution in [0.15, 0.2) is 42.5 Å². The number of nitrogens with zero attached hydrogens (tertiary/aromatic N) is 3. The van der Waals surface area contributed by atoms with E-state index < -0.39 is 5.97 Å². The monoisotopic (exact) mass is 420 g/mol. The van der Waals surface area contributed by atoms with Gasteiger partial charge < -0.3 is 19.9 Å². The van der Waals surface area contributed by atoms with Crippen molar-refractivity contribution in [1.82, 2.24) is 14.5 Å². The Kier molecular flexibility index (Phi) is 5.37. The number of nitrogens with two attached hydrogens (primary N) is 1. The van der Waals surface area contributed by atoms with Crippen molar-refractivity contribution in [3.63, 3.8) is 0 Å². The number of ether oxygens (including phenoxy) is 3. The highest BCUT2D eigenvalue weighted by molar-refractivity contribution is 6.09. The highest BCUT2D eigenvalue weighted by Crippen LogP contribution is 2.36. The van der Waals surface area contributed by atoms with E-state index in [0.717, 1.165) is 0 Å². The summed E-state index contributed by atoms with van der Waals surface area (Å²) in [5.41, 5.74) is 9.47. The van der Waals surface area contributed by atoms with E-state index in [2.05, 4.69) is 0 Å². The molecule has 0 aliphatic carbocycles. The summed E-state index contributed by atoms with van der Waals surface area (Å²) in [7, 11) is 3.13. The molecule has 4 aromatic rings. The summed E-state index contributed by atoms with van der Waals surface area (Å²) in [5, 5.41) is 0. The van der Waals surface area contributed by atoms with Gasteiger partial charge in [0.05, 0.1) is 37.5 Å². The molecule has 2 aromatic carbocycles. The van der Waals surface area contributed by atoms with E-state index in [1.54, 1.807) is 37.0 Å². The van der Waals surface area contributed by atoms with E-state index >= 15 is 0 Å². The lowest BCUT2D eigenvalue weighted by molar-refractivity contribution is 0.0462. The number of fused-ring (bicyclic) bond motifs is 2. The molecular formula is C23H24N4O4. The van der Waals surface area contributed by atoms with Gasteiger partial charge in [0.25, 0.3) is 0 Å². The second-order valence-corrected chi connectivity index (χ2v) is 7.51. The van der Waals surface area contributed by atoms with E-state index in [1.165, 1.54) is 0 Å². The Bertz CT molecular complexity index is 1280. The fraction of sp³-hybridized carbons (Fsp3) is 0.261. The van der Waals surface area contributed by atoms with Crippen molar-refractivity contribution >= 4 is 34.0 Å². The van der Waals surface area contributed by atoms with E-state index in [0.29, 0.717) is 39.4 Å². The topological polar surface area (TPSA) is 101 Å². The second-order valence-electron chi connectivity index (χ2n) is 7.51. The van der Waals surface area contributed by atoms with Crippen LogP contribution >= 0.6 is 0 Å². The molecule has 0 bridgehead atoms. The number of aromatic nitrogens is 3.